The highest BCUT2D eigenvalue weighted by molar-refractivity contribution is 5.81. The van der Waals surface area contributed by atoms with Crippen molar-refractivity contribution in [1.29, 1.82) is 0 Å². The fraction of sp³-hybridized carbons (Fsp3) is 0.500. The Morgan fingerprint density at radius 2 is 2.12 bits per heavy atom. The number of benzene rings is 1. The summed E-state index contributed by atoms with van der Waals surface area (Å²) in [7, 11) is 1.92. The van der Waals surface area contributed by atoms with Crippen molar-refractivity contribution in [3.63, 3.8) is 0 Å². The van der Waals surface area contributed by atoms with Crippen LogP contribution in [0.25, 0.3) is 0 Å². The Hall–Kier alpha value is -2.14. The standard InChI is InChI=1S/C20H26N4O/c1-24-14-16(11-22-24)17-12-21-13-18(17)19(25)23-20(8-5-9-20)10-15-6-3-2-4-7-15/h2-4,6-7,11,14,17-18,21H,5,8-10,12-13H2,1H3,(H,23,25)/t17-,18+/m1/s1. The predicted octanol–water partition coefficient (Wildman–Crippen LogP) is 2.00. The zero-order valence-corrected chi connectivity index (χ0v) is 14.7. The molecule has 1 saturated carbocycles. The minimum absolute atomic E-state index is 0.0163. The number of hydrogen-bond donors (Lipinski definition) is 2. The molecule has 1 aromatic heterocycles. The second-order valence-electron chi connectivity index (χ2n) is 7.60. The first-order valence-electron chi connectivity index (χ1n) is 9.20. The van der Waals surface area contributed by atoms with E-state index in [1.165, 1.54) is 12.0 Å². The van der Waals surface area contributed by atoms with E-state index in [0.29, 0.717) is 0 Å². The molecule has 1 amide bonds. The third-order valence-electron chi connectivity index (χ3n) is 5.79. The Labute approximate surface area is 148 Å². The molecule has 5 heteroatoms. The summed E-state index contributed by atoms with van der Waals surface area (Å²) in [6.07, 6.45) is 8.19. The van der Waals surface area contributed by atoms with Gasteiger partial charge in [0.1, 0.15) is 0 Å². The number of amides is 1. The molecule has 0 bridgehead atoms. The molecule has 1 aromatic carbocycles. The Bertz CT molecular complexity index is 735. The number of hydrogen-bond acceptors (Lipinski definition) is 3. The van der Waals surface area contributed by atoms with Crippen molar-refractivity contribution in [2.75, 3.05) is 13.1 Å². The van der Waals surface area contributed by atoms with Crippen molar-refractivity contribution in [3.8, 4) is 0 Å². The fourth-order valence-corrected chi connectivity index (χ4v) is 4.23. The van der Waals surface area contributed by atoms with E-state index in [2.05, 4.69) is 40.0 Å². The molecule has 2 fully saturated rings. The highest BCUT2D eigenvalue weighted by atomic mass is 16.2. The quantitative estimate of drug-likeness (QED) is 0.877. The van der Waals surface area contributed by atoms with Gasteiger partial charge in [0.2, 0.25) is 5.91 Å². The van der Waals surface area contributed by atoms with E-state index in [0.717, 1.165) is 37.9 Å². The van der Waals surface area contributed by atoms with Crippen molar-refractivity contribution >= 4 is 5.91 Å². The Morgan fingerprint density at radius 1 is 1.32 bits per heavy atom. The lowest BCUT2D eigenvalue weighted by Crippen LogP contribution is -2.57. The third-order valence-corrected chi connectivity index (χ3v) is 5.79. The Morgan fingerprint density at radius 3 is 2.76 bits per heavy atom. The first kappa shape index (κ1) is 16.3. The number of rotatable bonds is 5. The number of nitrogens with one attached hydrogen (secondary N) is 2. The highest BCUT2D eigenvalue weighted by Gasteiger charge is 2.42. The van der Waals surface area contributed by atoms with E-state index in [1.807, 2.05) is 30.2 Å². The largest absolute Gasteiger partial charge is 0.350 e. The van der Waals surface area contributed by atoms with Gasteiger partial charge in [-0.05, 0) is 36.8 Å². The minimum Gasteiger partial charge on any atom is -0.350 e. The van der Waals surface area contributed by atoms with Crippen molar-refractivity contribution < 1.29 is 4.79 Å². The van der Waals surface area contributed by atoms with Gasteiger partial charge in [-0.1, -0.05) is 30.3 Å². The molecule has 2 N–H and O–H groups in total. The zero-order chi connectivity index (χ0) is 17.3. The van der Waals surface area contributed by atoms with Gasteiger partial charge in [0.15, 0.2) is 0 Å². The predicted molar refractivity (Wildman–Crippen MR) is 97.2 cm³/mol. The molecule has 0 spiro atoms. The van der Waals surface area contributed by atoms with E-state index in [-0.39, 0.29) is 23.3 Å². The van der Waals surface area contributed by atoms with E-state index in [4.69, 9.17) is 0 Å². The maximum atomic E-state index is 13.1. The van der Waals surface area contributed by atoms with Crippen LogP contribution in [0, 0.1) is 5.92 Å². The molecule has 2 aliphatic rings. The summed E-state index contributed by atoms with van der Waals surface area (Å²) >= 11 is 0. The van der Waals surface area contributed by atoms with Gasteiger partial charge in [-0.15, -0.1) is 0 Å². The van der Waals surface area contributed by atoms with Crippen LogP contribution >= 0.6 is 0 Å². The Balaban J connectivity index is 1.46. The normalized spacial score (nSPS) is 24.7. The van der Waals surface area contributed by atoms with Gasteiger partial charge in [-0.3, -0.25) is 9.48 Å². The molecule has 2 heterocycles. The van der Waals surface area contributed by atoms with E-state index in [9.17, 15) is 4.79 Å². The average Bonchev–Trinajstić information content (AvgIpc) is 3.22. The molecule has 1 aliphatic heterocycles. The summed E-state index contributed by atoms with van der Waals surface area (Å²) in [5.41, 5.74) is 2.40. The fourth-order valence-electron chi connectivity index (χ4n) is 4.23. The monoisotopic (exact) mass is 338 g/mol. The Kier molecular flexibility index (Phi) is 4.34. The lowest BCUT2D eigenvalue weighted by atomic mass is 9.72. The summed E-state index contributed by atoms with van der Waals surface area (Å²) in [4.78, 5) is 13.1. The number of carbonyl (C=O) groups is 1. The first-order chi connectivity index (χ1) is 12.2. The van der Waals surface area contributed by atoms with Crippen LogP contribution in [-0.4, -0.2) is 34.3 Å². The number of nitrogens with zero attached hydrogens (tertiary/aromatic N) is 2. The van der Waals surface area contributed by atoms with Crippen molar-refractivity contribution in [2.45, 2.75) is 37.1 Å². The van der Waals surface area contributed by atoms with Gasteiger partial charge in [0, 0.05) is 37.8 Å². The molecule has 1 saturated heterocycles. The minimum atomic E-state index is -0.0550. The van der Waals surface area contributed by atoms with Gasteiger partial charge >= 0.3 is 0 Å². The lowest BCUT2D eigenvalue weighted by Gasteiger charge is -2.43. The van der Waals surface area contributed by atoms with Crippen molar-refractivity contribution in [2.24, 2.45) is 13.0 Å². The van der Waals surface area contributed by atoms with Crippen LogP contribution in [0.5, 0.6) is 0 Å². The molecular formula is C20H26N4O. The SMILES string of the molecule is Cn1cc([C@H]2CNC[C@@H]2C(=O)NC2(Cc3ccccc3)CCC2)cn1. The van der Waals surface area contributed by atoms with Crippen LogP contribution in [0.15, 0.2) is 42.7 Å². The topological polar surface area (TPSA) is 59.0 Å². The van der Waals surface area contributed by atoms with Gasteiger partial charge in [-0.25, -0.2) is 0 Å². The molecule has 2 aromatic rings. The molecule has 0 unspecified atom stereocenters. The maximum Gasteiger partial charge on any atom is 0.225 e. The third kappa shape index (κ3) is 3.33. The average molecular weight is 338 g/mol. The van der Waals surface area contributed by atoms with Gasteiger partial charge in [0.25, 0.3) is 0 Å². The van der Waals surface area contributed by atoms with Crippen LogP contribution in [0.4, 0.5) is 0 Å². The van der Waals surface area contributed by atoms with Crippen LogP contribution in [0.2, 0.25) is 0 Å². The van der Waals surface area contributed by atoms with Crippen LogP contribution in [0.3, 0.4) is 0 Å². The number of aromatic nitrogens is 2. The van der Waals surface area contributed by atoms with Gasteiger partial charge in [0.05, 0.1) is 12.1 Å². The lowest BCUT2D eigenvalue weighted by molar-refractivity contribution is -0.128. The molecular weight excluding hydrogens is 312 g/mol. The molecule has 4 rings (SSSR count). The molecule has 1 aliphatic carbocycles. The molecule has 132 valence electrons. The van der Waals surface area contributed by atoms with Crippen molar-refractivity contribution in [3.05, 3.63) is 53.9 Å². The smallest absolute Gasteiger partial charge is 0.225 e. The number of carbonyl (C=O) groups excluding carboxylic acids is 1. The molecule has 5 nitrogen and oxygen atoms in total. The highest BCUT2D eigenvalue weighted by Crippen LogP contribution is 2.36. The first-order valence-corrected chi connectivity index (χ1v) is 9.20. The van der Waals surface area contributed by atoms with E-state index in [1.54, 1.807) is 0 Å². The summed E-state index contributed by atoms with van der Waals surface area (Å²) < 4.78 is 1.81. The van der Waals surface area contributed by atoms with Crippen LogP contribution in [0.1, 0.15) is 36.3 Å². The number of aryl methyl sites for hydroxylation is 1. The second-order valence-corrected chi connectivity index (χ2v) is 7.60. The molecule has 0 radical (unpaired) electrons. The van der Waals surface area contributed by atoms with Crippen molar-refractivity contribution in [1.82, 2.24) is 20.4 Å². The summed E-state index contributed by atoms with van der Waals surface area (Å²) in [5, 5.41) is 11.1. The van der Waals surface area contributed by atoms with E-state index < -0.39 is 0 Å². The summed E-state index contributed by atoms with van der Waals surface area (Å²) in [6.45, 7) is 1.59. The maximum absolute atomic E-state index is 13.1. The van der Waals surface area contributed by atoms with Crippen LogP contribution < -0.4 is 10.6 Å². The summed E-state index contributed by atoms with van der Waals surface area (Å²) in [6, 6.07) is 10.5. The molecule has 25 heavy (non-hydrogen) atoms. The second kappa shape index (κ2) is 6.64. The zero-order valence-electron chi connectivity index (χ0n) is 14.7. The van der Waals surface area contributed by atoms with E-state index >= 15 is 0 Å². The molecule has 2 atom stereocenters. The van der Waals surface area contributed by atoms with Crippen LogP contribution in [-0.2, 0) is 18.3 Å². The summed E-state index contributed by atoms with van der Waals surface area (Å²) in [5.74, 6) is 0.384. The van der Waals surface area contributed by atoms with Gasteiger partial charge < -0.3 is 10.6 Å². The van der Waals surface area contributed by atoms with Gasteiger partial charge in [-0.2, -0.15) is 5.10 Å².